The van der Waals surface area contributed by atoms with E-state index in [4.69, 9.17) is 27.4 Å². The average molecular weight is 388 g/mol. The van der Waals surface area contributed by atoms with Crippen LogP contribution in [0.5, 0.6) is 0 Å². The summed E-state index contributed by atoms with van der Waals surface area (Å²) >= 11 is 0. The van der Waals surface area contributed by atoms with E-state index in [1.807, 2.05) is 0 Å². The molecule has 0 aromatic carbocycles. The molecule has 3 atom stereocenters. The molecule has 0 saturated heterocycles. The van der Waals surface area contributed by atoms with E-state index >= 15 is 0 Å². The molecule has 154 valence electrons. The molecule has 10 N–H and O–H groups in total. The zero-order valence-corrected chi connectivity index (χ0v) is 15.3. The number of aliphatic imine (C=N–C) groups is 1. The highest BCUT2D eigenvalue weighted by Gasteiger charge is 2.30. The molecule has 0 spiro atoms. The molecule has 0 saturated carbocycles. The largest absolute Gasteiger partial charge is 0.481 e. The standard InChI is InChI=1S/C15H28N6O6/c1-7(2)11(13(25)20-9(14(26)27)6-10(22)23)21-12(24)8(16)4-3-5-19-15(17)18/h7-9,11H,3-6,16H2,1-2H3,(H,20,25)(H,21,24)(H,22,23)(H,26,27)(H4,17,18,19). The molecule has 0 aliphatic carbocycles. The van der Waals surface area contributed by atoms with Crippen molar-refractivity contribution in [3.8, 4) is 0 Å². The first-order chi connectivity index (χ1) is 12.5. The van der Waals surface area contributed by atoms with Gasteiger partial charge in [0.2, 0.25) is 11.8 Å². The van der Waals surface area contributed by atoms with Crippen LogP contribution >= 0.6 is 0 Å². The predicted octanol–water partition coefficient (Wildman–Crippen LogP) is -2.45. The molecular formula is C15H28N6O6. The first kappa shape index (κ1) is 24.1. The van der Waals surface area contributed by atoms with Gasteiger partial charge in [0.25, 0.3) is 0 Å². The topological polar surface area (TPSA) is 223 Å². The second kappa shape index (κ2) is 11.7. The van der Waals surface area contributed by atoms with Crippen molar-refractivity contribution in [3.63, 3.8) is 0 Å². The number of nitrogens with two attached hydrogens (primary N) is 3. The maximum atomic E-state index is 12.3. The fourth-order valence-corrected chi connectivity index (χ4v) is 2.08. The van der Waals surface area contributed by atoms with Crippen LogP contribution in [-0.4, -0.2) is 64.6 Å². The minimum Gasteiger partial charge on any atom is -0.481 e. The number of nitrogens with zero attached hydrogens (tertiary/aromatic N) is 1. The molecule has 0 fully saturated rings. The molecule has 3 unspecified atom stereocenters. The fourth-order valence-electron chi connectivity index (χ4n) is 2.08. The van der Waals surface area contributed by atoms with Crippen LogP contribution in [0, 0.1) is 5.92 Å². The quantitative estimate of drug-likeness (QED) is 0.107. The number of carboxylic acid groups (broad SMARTS) is 2. The third-order valence-electron chi connectivity index (χ3n) is 3.54. The van der Waals surface area contributed by atoms with E-state index in [0.29, 0.717) is 13.0 Å². The van der Waals surface area contributed by atoms with E-state index in [0.717, 1.165) is 0 Å². The molecule has 2 amide bonds. The summed E-state index contributed by atoms with van der Waals surface area (Å²) in [5.74, 6) is -4.73. The van der Waals surface area contributed by atoms with Crippen molar-refractivity contribution in [2.45, 2.75) is 51.2 Å². The number of amides is 2. The molecule has 12 heteroatoms. The normalized spacial score (nSPS) is 13.9. The monoisotopic (exact) mass is 388 g/mol. The molecule has 0 aliphatic heterocycles. The van der Waals surface area contributed by atoms with E-state index in [-0.39, 0.29) is 18.3 Å². The lowest BCUT2D eigenvalue weighted by Crippen LogP contribution is -2.56. The number of carboxylic acids is 2. The van der Waals surface area contributed by atoms with Gasteiger partial charge in [-0.2, -0.15) is 0 Å². The Morgan fingerprint density at radius 2 is 1.63 bits per heavy atom. The Labute approximate surface area is 156 Å². The van der Waals surface area contributed by atoms with Crippen LogP contribution in [-0.2, 0) is 19.2 Å². The second-order valence-electron chi connectivity index (χ2n) is 6.28. The van der Waals surface area contributed by atoms with Gasteiger partial charge >= 0.3 is 11.9 Å². The lowest BCUT2D eigenvalue weighted by molar-refractivity contribution is -0.147. The van der Waals surface area contributed by atoms with Crippen molar-refractivity contribution in [2.24, 2.45) is 28.1 Å². The summed E-state index contributed by atoms with van der Waals surface area (Å²) < 4.78 is 0. The zero-order valence-electron chi connectivity index (χ0n) is 15.3. The summed E-state index contributed by atoms with van der Waals surface area (Å²) in [7, 11) is 0. The van der Waals surface area contributed by atoms with Gasteiger partial charge in [-0.05, 0) is 18.8 Å². The maximum absolute atomic E-state index is 12.3. The number of carbonyl (C=O) groups excluding carboxylic acids is 2. The average Bonchev–Trinajstić information content (AvgIpc) is 2.54. The van der Waals surface area contributed by atoms with E-state index in [1.165, 1.54) is 0 Å². The Morgan fingerprint density at radius 3 is 2.07 bits per heavy atom. The Morgan fingerprint density at radius 1 is 1.04 bits per heavy atom. The van der Waals surface area contributed by atoms with Crippen molar-refractivity contribution in [1.29, 1.82) is 0 Å². The van der Waals surface area contributed by atoms with Crippen molar-refractivity contribution >= 4 is 29.7 Å². The van der Waals surface area contributed by atoms with Gasteiger partial charge in [0, 0.05) is 6.54 Å². The first-order valence-electron chi connectivity index (χ1n) is 8.32. The predicted molar refractivity (Wildman–Crippen MR) is 96.5 cm³/mol. The van der Waals surface area contributed by atoms with Crippen molar-refractivity contribution in [2.75, 3.05) is 6.54 Å². The summed E-state index contributed by atoms with van der Waals surface area (Å²) in [5.41, 5.74) is 16.1. The molecule has 0 aliphatic rings. The lowest BCUT2D eigenvalue weighted by Gasteiger charge is -2.25. The molecule has 0 aromatic rings. The van der Waals surface area contributed by atoms with E-state index < -0.39 is 48.3 Å². The molecule has 0 aromatic heterocycles. The number of rotatable bonds is 12. The van der Waals surface area contributed by atoms with Gasteiger partial charge in [-0.25, -0.2) is 4.79 Å². The summed E-state index contributed by atoms with van der Waals surface area (Å²) in [6, 6.07) is -3.60. The molecule has 27 heavy (non-hydrogen) atoms. The lowest BCUT2D eigenvalue weighted by atomic mass is 10.0. The smallest absolute Gasteiger partial charge is 0.326 e. The number of aliphatic carboxylic acids is 2. The van der Waals surface area contributed by atoms with E-state index in [2.05, 4.69) is 15.6 Å². The van der Waals surface area contributed by atoms with Crippen molar-refractivity contribution < 1.29 is 29.4 Å². The van der Waals surface area contributed by atoms with Gasteiger partial charge in [-0.1, -0.05) is 13.8 Å². The van der Waals surface area contributed by atoms with Crippen LogP contribution < -0.4 is 27.8 Å². The van der Waals surface area contributed by atoms with Crippen molar-refractivity contribution in [3.05, 3.63) is 0 Å². The summed E-state index contributed by atoms with van der Waals surface area (Å²) in [5, 5.41) is 22.3. The number of hydrogen-bond acceptors (Lipinski definition) is 6. The number of hydrogen-bond donors (Lipinski definition) is 7. The van der Waals surface area contributed by atoms with Crippen LogP contribution in [0.15, 0.2) is 4.99 Å². The zero-order chi connectivity index (χ0) is 21.1. The van der Waals surface area contributed by atoms with Gasteiger partial charge in [0.15, 0.2) is 5.96 Å². The molecule has 0 rings (SSSR count). The third kappa shape index (κ3) is 9.99. The van der Waals surface area contributed by atoms with Gasteiger partial charge < -0.3 is 38.0 Å². The van der Waals surface area contributed by atoms with Gasteiger partial charge in [-0.3, -0.25) is 19.4 Å². The number of carbonyl (C=O) groups is 4. The van der Waals surface area contributed by atoms with Crippen LogP contribution in [0.3, 0.4) is 0 Å². The minimum absolute atomic E-state index is 0.0705. The molecule has 0 radical (unpaired) electrons. The summed E-state index contributed by atoms with van der Waals surface area (Å²) in [6.45, 7) is 3.58. The highest BCUT2D eigenvalue weighted by molar-refractivity contribution is 5.92. The maximum Gasteiger partial charge on any atom is 0.326 e. The Bertz CT molecular complexity index is 575. The Hall–Kier alpha value is -2.89. The van der Waals surface area contributed by atoms with E-state index in [9.17, 15) is 19.2 Å². The van der Waals surface area contributed by atoms with Gasteiger partial charge in [-0.15, -0.1) is 0 Å². The first-order valence-corrected chi connectivity index (χ1v) is 8.32. The Kier molecular flexibility index (Phi) is 10.4. The highest BCUT2D eigenvalue weighted by Crippen LogP contribution is 2.05. The minimum atomic E-state index is -1.61. The SMILES string of the molecule is CC(C)C(NC(=O)C(N)CCCN=C(N)N)C(=O)NC(CC(=O)O)C(=O)O. The van der Waals surface area contributed by atoms with Gasteiger partial charge in [0.1, 0.15) is 12.1 Å². The molecule has 12 nitrogen and oxygen atoms in total. The Balaban J connectivity index is 4.83. The number of nitrogens with one attached hydrogen (secondary N) is 2. The van der Waals surface area contributed by atoms with Crippen LogP contribution in [0.1, 0.15) is 33.1 Å². The van der Waals surface area contributed by atoms with Crippen molar-refractivity contribution in [1.82, 2.24) is 10.6 Å². The van der Waals surface area contributed by atoms with Crippen LogP contribution in [0.4, 0.5) is 0 Å². The molecular weight excluding hydrogens is 360 g/mol. The second-order valence-corrected chi connectivity index (χ2v) is 6.28. The molecule has 0 bridgehead atoms. The summed E-state index contributed by atoms with van der Waals surface area (Å²) in [4.78, 5) is 50.0. The summed E-state index contributed by atoms with van der Waals surface area (Å²) in [6.07, 6.45) is -0.0688. The van der Waals surface area contributed by atoms with Crippen LogP contribution in [0.25, 0.3) is 0 Å². The molecule has 0 heterocycles. The third-order valence-corrected chi connectivity index (χ3v) is 3.54. The van der Waals surface area contributed by atoms with E-state index in [1.54, 1.807) is 13.8 Å². The van der Waals surface area contributed by atoms with Crippen LogP contribution in [0.2, 0.25) is 0 Å². The fraction of sp³-hybridized carbons (Fsp3) is 0.667. The van der Waals surface area contributed by atoms with Gasteiger partial charge in [0.05, 0.1) is 12.5 Å². The number of guanidine groups is 1. The highest BCUT2D eigenvalue weighted by atomic mass is 16.4.